The summed E-state index contributed by atoms with van der Waals surface area (Å²) in [6.07, 6.45) is 5.96. The second-order valence-electron chi connectivity index (χ2n) is 1.74. The molecule has 0 aromatic heterocycles. The number of hydrogen-bond donors (Lipinski definition) is 0. The lowest BCUT2D eigenvalue weighted by molar-refractivity contribution is 1.50. The van der Waals surface area contributed by atoms with Crippen LogP contribution in [0.2, 0.25) is 0 Å². The molecule has 50 valence electrons. The summed E-state index contributed by atoms with van der Waals surface area (Å²) in [7, 11) is 0. The molecule has 0 radical (unpaired) electrons. The largest absolute Gasteiger partial charge is 0.0980 e. The molecule has 0 bridgehead atoms. The van der Waals surface area contributed by atoms with Crippen LogP contribution < -0.4 is 0 Å². The smallest absolute Gasteiger partial charge is 0.0153 e. The molecule has 0 atom stereocenters. The number of rotatable bonds is 2. The number of halogens is 1. The minimum Gasteiger partial charge on any atom is -0.0980 e. The van der Waals surface area contributed by atoms with Gasteiger partial charge in [0.1, 0.15) is 0 Å². The first-order valence-electron chi connectivity index (χ1n) is 2.84. The topological polar surface area (TPSA) is 0 Å². The van der Waals surface area contributed by atoms with Crippen LogP contribution >= 0.6 is 22.6 Å². The molecule has 0 unspecified atom stereocenters. The highest BCUT2D eigenvalue weighted by Crippen LogP contribution is 2.13. The first-order valence-corrected chi connectivity index (χ1v) is 3.91. The summed E-state index contributed by atoms with van der Waals surface area (Å²) in [6.45, 7) is 7.75. The van der Waals surface area contributed by atoms with Crippen LogP contribution in [0, 0.1) is 0 Å². The van der Waals surface area contributed by atoms with E-state index in [0.717, 1.165) is 0 Å². The highest BCUT2D eigenvalue weighted by atomic mass is 127. The zero-order valence-electron chi connectivity index (χ0n) is 5.82. The molecular formula is C8H11I. The Kier molecular flexibility index (Phi) is 4.77. The maximum absolute atomic E-state index is 3.66. The van der Waals surface area contributed by atoms with E-state index in [9.17, 15) is 0 Å². The van der Waals surface area contributed by atoms with Gasteiger partial charge in [0.25, 0.3) is 0 Å². The highest BCUT2D eigenvalue weighted by Gasteiger charge is 1.85. The zero-order chi connectivity index (χ0) is 7.28. The van der Waals surface area contributed by atoms with Crippen molar-refractivity contribution in [2.45, 2.75) is 13.8 Å². The second-order valence-corrected chi connectivity index (χ2v) is 2.90. The van der Waals surface area contributed by atoms with E-state index in [0.29, 0.717) is 0 Å². The minimum absolute atomic E-state index is 1.21. The van der Waals surface area contributed by atoms with Crippen molar-refractivity contribution in [3.63, 3.8) is 0 Å². The molecule has 0 N–H and O–H groups in total. The fourth-order valence-corrected chi connectivity index (χ4v) is 0.670. The van der Waals surface area contributed by atoms with E-state index in [4.69, 9.17) is 0 Å². The molecule has 0 aliphatic carbocycles. The summed E-state index contributed by atoms with van der Waals surface area (Å²) >= 11 is 2.27. The van der Waals surface area contributed by atoms with Crippen molar-refractivity contribution >= 4 is 22.6 Å². The van der Waals surface area contributed by atoms with Gasteiger partial charge in [-0.3, -0.25) is 0 Å². The van der Waals surface area contributed by atoms with E-state index < -0.39 is 0 Å². The third kappa shape index (κ3) is 3.51. The molecule has 0 nitrogen and oxygen atoms in total. The molecule has 0 spiro atoms. The van der Waals surface area contributed by atoms with Gasteiger partial charge in [0, 0.05) is 3.58 Å². The average molecular weight is 234 g/mol. The Morgan fingerprint density at radius 1 is 1.56 bits per heavy atom. The molecule has 9 heavy (non-hydrogen) atoms. The van der Waals surface area contributed by atoms with Crippen molar-refractivity contribution in [2.24, 2.45) is 0 Å². The van der Waals surface area contributed by atoms with Gasteiger partial charge in [-0.2, -0.15) is 0 Å². The third-order valence-electron chi connectivity index (χ3n) is 0.973. The van der Waals surface area contributed by atoms with Crippen molar-refractivity contribution in [2.75, 3.05) is 0 Å². The van der Waals surface area contributed by atoms with Crippen molar-refractivity contribution in [1.29, 1.82) is 0 Å². The van der Waals surface area contributed by atoms with Crippen LogP contribution in [0.25, 0.3) is 0 Å². The molecule has 0 aromatic carbocycles. The fourth-order valence-electron chi connectivity index (χ4n) is 0.491. The Labute approximate surface area is 70.5 Å². The van der Waals surface area contributed by atoms with Gasteiger partial charge in [0.05, 0.1) is 0 Å². The normalized spacial score (nSPS) is 13.7. The van der Waals surface area contributed by atoms with Crippen LogP contribution in [0.15, 0.2) is 34.0 Å². The van der Waals surface area contributed by atoms with Crippen LogP contribution in [-0.2, 0) is 0 Å². The standard InChI is InChI=1S/C8H11I/c1-4-6-7(3)8(9)5-2/h4-6H,2H2,1,3H3/b6-4+,8-7-. The summed E-state index contributed by atoms with van der Waals surface area (Å²) in [5, 5.41) is 0. The lowest BCUT2D eigenvalue weighted by Gasteiger charge is -1.91. The van der Waals surface area contributed by atoms with Gasteiger partial charge < -0.3 is 0 Å². The lowest BCUT2D eigenvalue weighted by Crippen LogP contribution is -1.69. The average Bonchev–Trinajstić information content (AvgIpc) is 1.87. The quantitative estimate of drug-likeness (QED) is 0.507. The van der Waals surface area contributed by atoms with E-state index in [-0.39, 0.29) is 0 Å². The first-order chi connectivity index (χ1) is 4.22. The summed E-state index contributed by atoms with van der Waals surface area (Å²) < 4.78 is 1.21. The summed E-state index contributed by atoms with van der Waals surface area (Å²) in [5.74, 6) is 0. The maximum Gasteiger partial charge on any atom is 0.0153 e. The Bertz CT molecular complexity index is 152. The predicted octanol–water partition coefficient (Wildman–Crippen LogP) is 3.46. The van der Waals surface area contributed by atoms with Crippen LogP contribution in [0.3, 0.4) is 0 Å². The van der Waals surface area contributed by atoms with E-state index in [2.05, 4.69) is 42.2 Å². The van der Waals surface area contributed by atoms with Gasteiger partial charge in [0.2, 0.25) is 0 Å². The molecule has 0 aliphatic heterocycles. The Balaban J connectivity index is 4.27. The molecule has 0 saturated carbocycles. The lowest BCUT2D eigenvalue weighted by atomic mass is 10.2. The number of hydrogen-bond acceptors (Lipinski definition) is 0. The Hall–Kier alpha value is -0.0500. The second kappa shape index (κ2) is 4.79. The number of allylic oxidation sites excluding steroid dienone is 5. The fraction of sp³-hybridized carbons (Fsp3) is 0.250. The zero-order valence-corrected chi connectivity index (χ0v) is 7.97. The van der Waals surface area contributed by atoms with E-state index in [1.807, 2.05) is 19.1 Å². The summed E-state index contributed by atoms with van der Waals surface area (Å²) in [6, 6.07) is 0. The highest BCUT2D eigenvalue weighted by molar-refractivity contribution is 14.1. The third-order valence-corrected chi connectivity index (χ3v) is 2.26. The van der Waals surface area contributed by atoms with Crippen LogP contribution in [0.1, 0.15) is 13.8 Å². The van der Waals surface area contributed by atoms with E-state index in [1.165, 1.54) is 9.15 Å². The molecule has 0 heterocycles. The van der Waals surface area contributed by atoms with Gasteiger partial charge in [-0.25, -0.2) is 0 Å². The Morgan fingerprint density at radius 2 is 2.11 bits per heavy atom. The van der Waals surface area contributed by atoms with Gasteiger partial charge in [-0.15, -0.1) is 0 Å². The van der Waals surface area contributed by atoms with Crippen LogP contribution in [0.5, 0.6) is 0 Å². The predicted molar refractivity (Wildman–Crippen MR) is 51.7 cm³/mol. The van der Waals surface area contributed by atoms with Crippen LogP contribution in [0.4, 0.5) is 0 Å². The van der Waals surface area contributed by atoms with Crippen molar-refractivity contribution in [3.05, 3.63) is 34.0 Å². The maximum atomic E-state index is 3.66. The molecule has 0 aliphatic rings. The SMILES string of the molecule is C=C/C(I)=C(C)/C=C/C. The van der Waals surface area contributed by atoms with Crippen molar-refractivity contribution < 1.29 is 0 Å². The minimum atomic E-state index is 1.21. The van der Waals surface area contributed by atoms with E-state index in [1.54, 1.807) is 0 Å². The summed E-state index contributed by atoms with van der Waals surface area (Å²) in [4.78, 5) is 0. The van der Waals surface area contributed by atoms with Crippen LogP contribution in [-0.4, -0.2) is 0 Å². The van der Waals surface area contributed by atoms with E-state index >= 15 is 0 Å². The molecule has 0 rings (SSSR count). The monoisotopic (exact) mass is 234 g/mol. The molecule has 0 amide bonds. The Morgan fingerprint density at radius 3 is 2.44 bits per heavy atom. The summed E-state index contributed by atoms with van der Waals surface area (Å²) in [5.41, 5.74) is 1.27. The van der Waals surface area contributed by atoms with Gasteiger partial charge in [-0.1, -0.05) is 24.8 Å². The molecular weight excluding hydrogens is 223 g/mol. The van der Waals surface area contributed by atoms with Crippen molar-refractivity contribution in [3.8, 4) is 0 Å². The van der Waals surface area contributed by atoms with Crippen molar-refractivity contribution in [1.82, 2.24) is 0 Å². The first kappa shape index (κ1) is 8.95. The molecule has 1 heteroatoms. The van der Waals surface area contributed by atoms with Gasteiger partial charge >= 0.3 is 0 Å². The van der Waals surface area contributed by atoms with Gasteiger partial charge in [-0.05, 0) is 42.0 Å². The molecule has 0 fully saturated rings. The van der Waals surface area contributed by atoms with Gasteiger partial charge in [0.15, 0.2) is 0 Å². The molecule has 0 aromatic rings. The molecule has 0 saturated heterocycles.